The summed E-state index contributed by atoms with van der Waals surface area (Å²) < 4.78 is 1.51. The highest BCUT2D eigenvalue weighted by Crippen LogP contribution is 2.27. The second-order valence-electron chi connectivity index (χ2n) is 6.76. The van der Waals surface area contributed by atoms with Crippen LogP contribution in [0.25, 0.3) is 5.82 Å². The number of pyridine rings is 1. The maximum atomic E-state index is 12.5. The van der Waals surface area contributed by atoms with Crippen LogP contribution in [0, 0.1) is 0 Å². The number of benzene rings is 2. The monoisotopic (exact) mass is 398 g/mol. The highest BCUT2D eigenvalue weighted by Gasteiger charge is 2.15. The molecule has 2 aromatic carbocycles. The molecule has 150 valence electrons. The van der Waals surface area contributed by atoms with Crippen molar-refractivity contribution in [1.29, 1.82) is 0 Å². The standard InChI is InChI=1S/C23H22N6O/c30-23(28-21-12-7-14-25-22(21)29-17-24-16-27-29)26-15-13-20(18-8-3-1-4-9-18)19-10-5-2-6-11-19/h1-12,14,16-17,20H,13,15H2,(H2,26,28,30). The first-order chi connectivity index (χ1) is 14.8. The number of urea groups is 1. The van der Waals surface area contributed by atoms with E-state index in [1.54, 1.807) is 18.3 Å². The van der Waals surface area contributed by atoms with Gasteiger partial charge in [-0.2, -0.15) is 5.10 Å². The molecule has 7 nitrogen and oxygen atoms in total. The summed E-state index contributed by atoms with van der Waals surface area (Å²) in [5.74, 6) is 0.716. The zero-order chi connectivity index (χ0) is 20.6. The van der Waals surface area contributed by atoms with Gasteiger partial charge < -0.3 is 10.6 Å². The van der Waals surface area contributed by atoms with Gasteiger partial charge in [-0.3, -0.25) is 0 Å². The summed E-state index contributed by atoms with van der Waals surface area (Å²) in [4.78, 5) is 20.7. The average molecular weight is 398 g/mol. The SMILES string of the molecule is O=C(NCCC(c1ccccc1)c1ccccc1)Nc1cccnc1-n1cncn1. The minimum absolute atomic E-state index is 0.205. The lowest BCUT2D eigenvalue weighted by molar-refractivity contribution is 0.252. The van der Waals surface area contributed by atoms with E-state index in [0.717, 1.165) is 6.42 Å². The van der Waals surface area contributed by atoms with Gasteiger partial charge in [0.05, 0.1) is 5.69 Å². The summed E-state index contributed by atoms with van der Waals surface area (Å²) in [6.07, 6.45) is 5.39. The summed E-state index contributed by atoms with van der Waals surface area (Å²) in [6.45, 7) is 0.527. The summed E-state index contributed by atoms with van der Waals surface area (Å²) in [5.41, 5.74) is 3.02. The van der Waals surface area contributed by atoms with Crippen LogP contribution in [0.4, 0.5) is 10.5 Å². The third-order valence-electron chi connectivity index (χ3n) is 4.79. The Morgan fingerprint density at radius 1 is 0.933 bits per heavy atom. The van der Waals surface area contributed by atoms with Gasteiger partial charge >= 0.3 is 6.03 Å². The van der Waals surface area contributed by atoms with Crippen LogP contribution in [0.15, 0.2) is 91.6 Å². The second-order valence-corrected chi connectivity index (χ2v) is 6.76. The fraction of sp³-hybridized carbons (Fsp3) is 0.130. The normalized spacial score (nSPS) is 10.7. The second kappa shape index (κ2) is 9.47. The van der Waals surface area contributed by atoms with E-state index in [4.69, 9.17) is 0 Å². The van der Waals surface area contributed by atoms with Crippen molar-refractivity contribution >= 4 is 11.7 Å². The predicted octanol–water partition coefficient (Wildman–Crippen LogP) is 4.01. The van der Waals surface area contributed by atoms with Crippen molar-refractivity contribution in [2.24, 2.45) is 0 Å². The molecule has 7 heteroatoms. The van der Waals surface area contributed by atoms with Crippen LogP contribution < -0.4 is 10.6 Å². The zero-order valence-electron chi connectivity index (χ0n) is 16.3. The third-order valence-corrected chi connectivity index (χ3v) is 4.79. The Hall–Kier alpha value is -4.00. The van der Waals surface area contributed by atoms with Gasteiger partial charge in [-0.15, -0.1) is 0 Å². The molecule has 4 rings (SSSR count). The maximum Gasteiger partial charge on any atom is 0.319 e. The predicted molar refractivity (Wildman–Crippen MR) is 116 cm³/mol. The number of aromatic nitrogens is 4. The van der Waals surface area contributed by atoms with E-state index < -0.39 is 0 Å². The molecule has 2 amide bonds. The van der Waals surface area contributed by atoms with E-state index >= 15 is 0 Å². The van der Waals surface area contributed by atoms with Crippen LogP contribution >= 0.6 is 0 Å². The van der Waals surface area contributed by atoms with Gasteiger partial charge in [0.2, 0.25) is 0 Å². The van der Waals surface area contributed by atoms with Crippen molar-refractivity contribution in [3.8, 4) is 5.82 Å². The Labute approximate surface area is 174 Å². The molecule has 0 unspecified atom stereocenters. The highest BCUT2D eigenvalue weighted by molar-refractivity contribution is 5.90. The Morgan fingerprint density at radius 3 is 2.27 bits per heavy atom. The van der Waals surface area contributed by atoms with E-state index in [1.165, 1.54) is 28.5 Å². The number of hydrogen-bond acceptors (Lipinski definition) is 4. The number of nitrogens with zero attached hydrogens (tertiary/aromatic N) is 4. The van der Waals surface area contributed by atoms with Gasteiger partial charge in [-0.25, -0.2) is 19.4 Å². The fourth-order valence-corrected chi connectivity index (χ4v) is 3.39. The molecule has 2 heterocycles. The number of carbonyl (C=O) groups excluding carboxylic acids is 1. The molecule has 2 N–H and O–H groups in total. The molecule has 30 heavy (non-hydrogen) atoms. The molecule has 0 bridgehead atoms. The first-order valence-corrected chi connectivity index (χ1v) is 9.76. The van der Waals surface area contributed by atoms with Gasteiger partial charge in [0.25, 0.3) is 0 Å². The number of amides is 2. The first-order valence-electron chi connectivity index (χ1n) is 9.76. The van der Waals surface area contributed by atoms with Crippen LogP contribution in [-0.4, -0.2) is 32.3 Å². The quantitative estimate of drug-likeness (QED) is 0.493. The van der Waals surface area contributed by atoms with Crippen molar-refractivity contribution in [3.05, 3.63) is 103 Å². The van der Waals surface area contributed by atoms with Crippen LogP contribution in [-0.2, 0) is 0 Å². The summed E-state index contributed by atoms with van der Waals surface area (Å²) in [6, 6.07) is 23.9. The highest BCUT2D eigenvalue weighted by atomic mass is 16.2. The van der Waals surface area contributed by atoms with Gasteiger partial charge in [0.1, 0.15) is 12.7 Å². The molecule has 0 saturated heterocycles. The Morgan fingerprint density at radius 2 is 1.63 bits per heavy atom. The summed E-state index contributed by atoms with van der Waals surface area (Å²) >= 11 is 0. The topological polar surface area (TPSA) is 84.7 Å². The molecule has 0 aliphatic carbocycles. The molecular formula is C23H22N6O. The van der Waals surface area contributed by atoms with Gasteiger partial charge in [0.15, 0.2) is 5.82 Å². The van der Waals surface area contributed by atoms with E-state index in [9.17, 15) is 4.79 Å². The molecule has 2 aromatic heterocycles. The maximum absolute atomic E-state index is 12.5. The Kier molecular flexibility index (Phi) is 6.10. The Bertz CT molecular complexity index is 1030. The number of hydrogen-bond donors (Lipinski definition) is 2. The van der Waals surface area contributed by atoms with E-state index in [1.807, 2.05) is 36.4 Å². The van der Waals surface area contributed by atoms with Gasteiger partial charge in [-0.1, -0.05) is 60.7 Å². The molecule has 0 spiro atoms. The third kappa shape index (κ3) is 4.70. The van der Waals surface area contributed by atoms with Crippen LogP contribution in [0.2, 0.25) is 0 Å². The zero-order valence-corrected chi connectivity index (χ0v) is 16.3. The minimum atomic E-state index is -0.288. The van der Waals surface area contributed by atoms with Crippen LogP contribution in [0.1, 0.15) is 23.5 Å². The Balaban J connectivity index is 1.40. The molecule has 0 atom stereocenters. The number of rotatable bonds is 7. The lowest BCUT2D eigenvalue weighted by Crippen LogP contribution is -2.31. The first kappa shape index (κ1) is 19.3. The molecule has 0 aliphatic heterocycles. The van der Waals surface area contributed by atoms with Crippen molar-refractivity contribution in [2.75, 3.05) is 11.9 Å². The van der Waals surface area contributed by atoms with E-state index in [-0.39, 0.29) is 11.9 Å². The van der Waals surface area contributed by atoms with Crippen molar-refractivity contribution in [3.63, 3.8) is 0 Å². The van der Waals surface area contributed by atoms with Gasteiger partial charge in [0, 0.05) is 18.7 Å². The summed E-state index contributed by atoms with van der Waals surface area (Å²) in [5, 5.41) is 9.88. The average Bonchev–Trinajstić information content (AvgIpc) is 3.33. The smallest absolute Gasteiger partial charge is 0.319 e. The van der Waals surface area contributed by atoms with E-state index in [2.05, 4.69) is 50.0 Å². The molecule has 0 aliphatic rings. The summed E-state index contributed by atoms with van der Waals surface area (Å²) in [7, 11) is 0. The number of nitrogens with one attached hydrogen (secondary N) is 2. The number of carbonyl (C=O) groups is 1. The van der Waals surface area contributed by atoms with Crippen LogP contribution in [0.5, 0.6) is 0 Å². The lowest BCUT2D eigenvalue weighted by atomic mass is 9.88. The number of anilines is 1. The molecule has 4 aromatic rings. The lowest BCUT2D eigenvalue weighted by Gasteiger charge is -2.18. The van der Waals surface area contributed by atoms with E-state index in [0.29, 0.717) is 18.1 Å². The van der Waals surface area contributed by atoms with Crippen molar-refractivity contribution < 1.29 is 4.79 Å². The molecule has 0 fully saturated rings. The fourth-order valence-electron chi connectivity index (χ4n) is 3.39. The minimum Gasteiger partial charge on any atom is -0.338 e. The molecular weight excluding hydrogens is 376 g/mol. The largest absolute Gasteiger partial charge is 0.338 e. The van der Waals surface area contributed by atoms with Gasteiger partial charge in [-0.05, 0) is 29.7 Å². The van der Waals surface area contributed by atoms with Crippen molar-refractivity contribution in [2.45, 2.75) is 12.3 Å². The molecule has 0 radical (unpaired) electrons. The van der Waals surface area contributed by atoms with Crippen LogP contribution in [0.3, 0.4) is 0 Å². The molecule has 0 saturated carbocycles. The van der Waals surface area contributed by atoms with Crippen molar-refractivity contribution in [1.82, 2.24) is 25.1 Å².